The number of thiazole rings is 1. The molecule has 116 valence electrons. The zero-order valence-electron chi connectivity index (χ0n) is 12.0. The summed E-state index contributed by atoms with van der Waals surface area (Å²) in [4.78, 5) is 5.23. The molecule has 0 aromatic carbocycles. The molecule has 0 amide bonds. The summed E-state index contributed by atoms with van der Waals surface area (Å²) in [6.07, 6.45) is 2.81. The van der Waals surface area contributed by atoms with Crippen LogP contribution in [0.1, 0.15) is 28.8 Å². The van der Waals surface area contributed by atoms with Crippen molar-refractivity contribution in [2.75, 3.05) is 6.54 Å². The predicted molar refractivity (Wildman–Crippen MR) is 87.2 cm³/mol. The summed E-state index contributed by atoms with van der Waals surface area (Å²) in [5.41, 5.74) is 0.999. The first kappa shape index (κ1) is 16.6. The van der Waals surface area contributed by atoms with Gasteiger partial charge in [0.15, 0.2) is 0 Å². The number of nitrogens with one attached hydrogen (secondary N) is 2. The highest BCUT2D eigenvalue weighted by Crippen LogP contribution is 2.21. The zero-order valence-corrected chi connectivity index (χ0v) is 14.5. The molecular formula is C13H19N3O2S3. The number of nitrogens with zero attached hydrogens (tertiary/aromatic N) is 1. The van der Waals surface area contributed by atoms with Crippen molar-refractivity contribution in [2.45, 2.75) is 37.6 Å². The quantitative estimate of drug-likeness (QED) is 0.721. The Kier molecular flexibility index (Phi) is 5.88. The monoisotopic (exact) mass is 345 g/mol. The molecule has 8 heteroatoms. The fourth-order valence-electron chi connectivity index (χ4n) is 1.71. The van der Waals surface area contributed by atoms with Crippen molar-refractivity contribution in [1.82, 2.24) is 15.0 Å². The smallest absolute Gasteiger partial charge is 0.250 e. The molecular weight excluding hydrogens is 326 g/mol. The summed E-state index contributed by atoms with van der Waals surface area (Å²) in [5.74, 6) is 0. The molecule has 0 aliphatic rings. The second-order valence-corrected chi connectivity index (χ2v) is 8.86. The van der Waals surface area contributed by atoms with Crippen molar-refractivity contribution in [3.05, 3.63) is 33.1 Å². The Labute approximate surface area is 133 Å². The van der Waals surface area contributed by atoms with Crippen molar-refractivity contribution >= 4 is 32.7 Å². The maximum atomic E-state index is 12.2. The van der Waals surface area contributed by atoms with Crippen molar-refractivity contribution in [3.63, 3.8) is 0 Å². The molecule has 5 nitrogen and oxygen atoms in total. The van der Waals surface area contributed by atoms with E-state index in [2.05, 4.69) is 21.9 Å². The number of hydrogen-bond acceptors (Lipinski definition) is 6. The Morgan fingerprint density at radius 1 is 1.33 bits per heavy atom. The van der Waals surface area contributed by atoms with Crippen molar-refractivity contribution in [2.24, 2.45) is 0 Å². The largest absolute Gasteiger partial charge is 0.313 e. The Hall–Kier alpha value is -0.800. The minimum Gasteiger partial charge on any atom is -0.313 e. The van der Waals surface area contributed by atoms with E-state index >= 15 is 0 Å². The number of thiophene rings is 1. The summed E-state index contributed by atoms with van der Waals surface area (Å²) in [7, 11) is -3.45. The van der Waals surface area contributed by atoms with Crippen LogP contribution in [0.3, 0.4) is 0 Å². The second-order valence-electron chi connectivity index (χ2n) is 4.64. The highest BCUT2D eigenvalue weighted by atomic mass is 32.2. The third-order valence-electron chi connectivity index (χ3n) is 2.73. The number of rotatable bonds is 8. The summed E-state index contributed by atoms with van der Waals surface area (Å²) < 4.78 is 27.4. The van der Waals surface area contributed by atoms with E-state index in [9.17, 15) is 8.42 Å². The van der Waals surface area contributed by atoms with Crippen LogP contribution >= 0.6 is 22.7 Å². The van der Waals surface area contributed by atoms with Gasteiger partial charge < -0.3 is 5.32 Å². The van der Waals surface area contributed by atoms with Crippen molar-refractivity contribution < 1.29 is 8.42 Å². The SMILES string of the molecule is CCCNCc1csc(S(=O)(=O)NCc2ncc(C)s2)c1. The summed E-state index contributed by atoms with van der Waals surface area (Å²) >= 11 is 2.75. The van der Waals surface area contributed by atoms with Gasteiger partial charge in [0, 0.05) is 17.6 Å². The van der Waals surface area contributed by atoms with E-state index in [4.69, 9.17) is 0 Å². The van der Waals surface area contributed by atoms with E-state index in [1.165, 1.54) is 22.7 Å². The van der Waals surface area contributed by atoms with E-state index in [0.29, 0.717) is 10.8 Å². The van der Waals surface area contributed by atoms with E-state index < -0.39 is 10.0 Å². The standard InChI is InChI=1S/C13H19N3O2S3/c1-3-4-14-7-11-5-13(19-9-11)21(17,18)16-8-12-15-6-10(2)20-12/h5-6,9,14,16H,3-4,7-8H2,1-2H3. The number of hydrogen-bond donors (Lipinski definition) is 2. The average Bonchev–Trinajstić information content (AvgIpc) is 3.06. The summed E-state index contributed by atoms with van der Waals surface area (Å²) in [6.45, 7) is 5.92. The lowest BCUT2D eigenvalue weighted by molar-refractivity contribution is 0.583. The normalized spacial score (nSPS) is 11.9. The Morgan fingerprint density at radius 2 is 2.14 bits per heavy atom. The van der Waals surface area contributed by atoms with Gasteiger partial charge in [-0.2, -0.15) is 0 Å². The maximum Gasteiger partial charge on any atom is 0.250 e. The Balaban J connectivity index is 1.95. The van der Waals surface area contributed by atoms with Crippen molar-refractivity contribution in [1.29, 1.82) is 0 Å². The van der Waals surface area contributed by atoms with Crippen LogP contribution in [-0.2, 0) is 23.1 Å². The van der Waals surface area contributed by atoms with E-state index in [-0.39, 0.29) is 6.54 Å². The van der Waals surface area contributed by atoms with Gasteiger partial charge in [0.05, 0.1) is 6.54 Å². The molecule has 2 aromatic heterocycles. The Morgan fingerprint density at radius 3 is 2.81 bits per heavy atom. The van der Waals surface area contributed by atoms with Crippen LogP contribution in [-0.4, -0.2) is 19.9 Å². The second kappa shape index (κ2) is 7.46. The van der Waals surface area contributed by atoms with Gasteiger partial charge in [-0.3, -0.25) is 0 Å². The number of sulfonamides is 1. The molecule has 2 N–H and O–H groups in total. The number of aryl methyl sites for hydroxylation is 1. The van der Waals surface area contributed by atoms with Crippen LogP contribution in [0.25, 0.3) is 0 Å². The van der Waals surface area contributed by atoms with Gasteiger partial charge in [-0.25, -0.2) is 18.1 Å². The maximum absolute atomic E-state index is 12.2. The minimum atomic E-state index is -3.45. The van der Waals surface area contributed by atoms with E-state index in [1.54, 1.807) is 12.3 Å². The molecule has 2 rings (SSSR count). The van der Waals surface area contributed by atoms with Gasteiger partial charge in [0.25, 0.3) is 0 Å². The minimum absolute atomic E-state index is 0.238. The topological polar surface area (TPSA) is 71.1 Å². The zero-order chi connectivity index (χ0) is 15.3. The third kappa shape index (κ3) is 4.86. The molecule has 0 aliphatic heterocycles. The molecule has 2 aromatic rings. The van der Waals surface area contributed by atoms with Crippen LogP contribution in [0.15, 0.2) is 21.9 Å². The lowest BCUT2D eigenvalue weighted by atomic mass is 10.3. The molecule has 0 saturated carbocycles. The van der Waals surface area contributed by atoms with Crippen LogP contribution in [0.2, 0.25) is 0 Å². The fourth-order valence-corrected chi connectivity index (χ4v) is 4.77. The van der Waals surface area contributed by atoms with Crippen LogP contribution in [0.4, 0.5) is 0 Å². The summed E-state index contributed by atoms with van der Waals surface area (Å²) in [5, 5.41) is 5.91. The molecule has 21 heavy (non-hydrogen) atoms. The van der Waals surface area contributed by atoms with Crippen LogP contribution < -0.4 is 10.0 Å². The summed E-state index contributed by atoms with van der Waals surface area (Å²) in [6, 6.07) is 1.72. The van der Waals surface area contributed by atoms with E-state index in [0.717, 1.165) is 28.4 Å². The number of aromatic nitrogens is 1. The van der Waals surface area contributed by atoms with Crippen LogP contribution in [0.5, 0.6) is 0 Å². The molecule has 0 aliphatic carbocycles. The molecule has 0 spiro atoms. The highest BCUT2D eigenvalue weighted by Gasteiger charge is 2.17. The first-order chi connectivity index (χ1) is 10.0. The lowest BCUT2D eigenvalue weighted by Crippen LogP contribution is -2.22. The van der Waals surface area contributed by atoms with Gasteiger partial charge in [-0.1, -0.05) is 6.92 Å². The molecule has 0 radical (unpaired) electrons. The average molecular weight is 346 g/mol. The molecule has 0 saturated heterocycles. The first-order valence-corrected chi connectivity index (χ1v) is 9.88. The fraction of sp³-hybridized carbons (Fsp3) is 0.462. The first-order valence-electron chi connectivity index (χ1n) is 6.70. The highest BCUT2D eigenvalue weighted by molar-refractivity contribution is 7.91. The molecule has 2 heterocycles. The Bertz CT molecular complexity index is 676. The molecule has 0 bridgehead atoms. The van der Waals surface area contributed by atoms with Gasteiger partial charge in [0.2, 0.25) is 10.0 Å². The predicted octanol–water partition coefficient (Wildman–Crippen LogP) is 2.49. The van der Waals surface area contributed by atoms with Crippen molar-refractivity contribution in [3.8, 4) is 0 Å². The molecule has 0 atom stereocenters. The third-order valence-corrected chi connectivity index (χ3v) is 6.54. The van der Waals surface area contributed by atoms with Gasteiger partial charge in [0.1, 0.15) is 9.22 Å². The molecule has 0 unspecified atom stereocenters. The van der Waals surface area contributed by atoms with Gasteiger partial charge >= 0.3 is 0 Å². The van der Waals surface area contributed by atoms with E-state index in [1.807, 2.05) is 12.3 Å². The molecule has 0 fully saturated rings. The van der Waals surface area contributed by atoms with Gasteiger partial charge in [-0.05, 0) is 36.9 Å². The van der Waals surface area contributed by atoms with Gasteiger partial charge in [-0.15, -0.1) is 22.7 Å². The van der Waals surface area contributed by atoms with Crippen LogP contribution in [0, 0.1) is 6.92 Å². The lowest BCUT2D eigenvalue weighted by Gasteiger charge is -2.02.